The van der Waals surface area contributed by atoms with E-state index in [9.17, 15) is 0 Å². The van der Waals surface area contributed by atoms with Gasteiger partial charge in [-0.2, -0.15) is 0 Å². The first-order valence-corrected chi connectivity index (χ1v) is 8.69. The van der Waals surface area contributed by atoms with Crippen molar-refractivity contribution in [1.29, 1.82) is 0 Å². The average Bonchev–Trinajstić information content (AvgIpc) is 2.59. The first kappa shape index (κ1) is 15.3. The molecule has 0 spiro atoms. The summed E-state index contributed by atoms with van der Waals surface area (Å²) in [5.41, 5.74) is 0. The molecule has 1 aliphatic heterocycles. The highest BCUT2D eigenvalue weighted by molar-refractivity contribution is 4.82. The van der Waals surface area contributed by atoms with E-state index in [0.29, 0.717) is 6.04 Å². The van der Waals surface area contributed by atoms with Crippen molar-refractivity contribution >= 4 is 0 Å². The maximum absolute atomic E-state index is 3.78. The van der Waals surface area contributed by atoms with Crippen molar-refractivity contribution < 1.29 is 0 Å². The Bertz CT molecular complexity index is 254. The molecule has 2 heteroatoms. The molecular formula is C17H34N2. The van der Waals surface area contributed by atoms with Crippen LogP contribution in [0.3, 0.4) is 0 Å². The summed E-state index contributed by atoms with van der Waals surface area (Å²) in [6, 6.07) is 2.31. The van der Waals surface area contributed by atoms with Crippen molar-refractivity contribution in [2.45, 2.75) is 90.3 Å². The van der Waals surface area contributed by atoms with Crippen LogP contribution in [0.4, 0.5) is 0 Å². The van der Waals surface area contributed by atoms with Crippen molar-refractivity contribution in [3.05, 3.63) is 0 Å². The number of hydrogen-bond donors (Lipinski definition) is 1. The van der Waals surface area contributed by atoms with Crippen LogP contribution >= 0.6 is 0 Å². The van der Waals surface area contributed by atoms with E-state index < -0.39 is 0 Å². The quantitative estimate of drug-likeness (QED) is 0.765. The van der Waals surface area contributed by atoms with Crippen LogP contribution in [-0.2, 0) is 0 Å². The Kier molecular flexibility index (Phi) is 6.15. The smallest absolute Gasteiger partial charge is 0.00953 e. The van der Waals surface area contributed by atoms with Crippen LogP contribution in [0.2, 0.25) is 0 Å². The number of rotatable bonds is 2. The molecule has 4 unspecified atom stereocenters. The Labute approximate surface area is 120 Å². The van der Waals surface area contributed by atoms with Crippen LogP contribution < -0.4 is 5.32 Å². The van der Waals surface area contributed by atoms with Gasteiger partial charge in [0.2, 0.25) is 0 Å². The predicted molar refractivity (Wildman–Crippen MR) is 83.5 cm³/mol. The second-order valence-electron chi connectivity index (χ2n) is 7.05. The van der Waals surface area contributed by atoms with Crippen LogP contribution in [0.1, 0.15) is 72.1 Å². The first-order chi connectivity index (χ1) is 9.19. The Morgan fingerprint density at radius 1 is 0.947 bits per heavy atom. The normalized spacial score (nSPS) is 39.3. The molecule has 0 aromatic carbocycles. The lowest BCUT2D eigenvalue weighted by molar-refractivity contribution is 0.145. The van der Waals surface area contributed by atoms with Gasteiger partial charge in [-0.15, -0.1) is 0 Å². The Morgan fingerprint density at radius 2 is 1.74 bits per heavy atom. The summed E-state index contributed by atoms with van der Waals surface area (Å²) in [7, 11) is 0. The van der Waals surface area contributed by atoms with Gasteiger partial charge in [0.1, 0.15) is 0 Å². The topological polar surface area (TPSA) is 15.3 Å². The molecule has 19 heavy (non-hydrogen) atoms. The third kappa shape index (κ3) is 4.75. The minimum absolute atomic E-state index is 0.692. The van der Waals surface area contributed by atoms with Crippen molar-refractivity contribution in [3.8, 4) is 0 Å². The molecule has 2 nitrogen and oxygen atoms in total. The Hall–Kier alpha value is -0.0800. The van der Waals surface area contributed by atoms with Crippen molar-refractivity contribution in [3.63, 3.8) is 0 Å². The fourth-order valence-electron chi connectivity index (χ4n) is 3.88. The second-order valence-corrected chi connectivity index (χ2v) is 7.05. The summed E-state index contributed by atoms with van der Waals surface area (Å²) in [5, 5.41) is 3.78. The molecule has 112 valence electrons. The van der Waals surface area contributed by atoms with Crippen LogP contribution in [0.25, 0.3) is 0 Å². The zero-order chi connectivity index (χ0) is 13.7. The molecule has 0 radical (unpaired) electrons. The van der Waals surface area contributed by atoms with Gasteiger partial charge in [-0.3, -0.25) is 0 Å². The SMILES string of the molecule is CCC1CCN(C2CCCC(C)CC2)CCC(C)N1. The second kappa shape index (κ2) is 7.64. The summed E-state index contributed by atoms with van der Waals surface area (Å²) in [4.78, 5) is 2.83. The summed E-state index contributed by atoms with van der Waals surface area (Å²) in [5.74, 6) is 0.962. The van der Waals surface area contributed by atoms with Gasteiger partial charge in [0.25, 0.3) is 0 Å². The zero-order valence-electron chi connectivity index (χ0n) is 13.3. The standard InChI is InChI=1S/C17H34N2/c1-4-16-11-13-19(12-10-15(3)18-16)17-7-5-6-14(2)8-9-17/h14-18H,4-13H2,1-3H3. The fraction of sp³-hybridized carbons (Fsp3) is 1.00. The van der Waals surface area contributed by atoms with Crippen LogP contribution in [-0.4, -0.2) is 36.1 Å². The molecule has 1 saturated heterocycles. The highest BCUT2D eigenvalue weighted by Crippen LogP contribution is 2.27. The summed E-state index contributed by atoms with van der Waals surface area (Å²) in [6.07, 6.45) is 11.2. The Balaban J connectivity index is 1.90. The molecule has 0 aromatic rings. The molecule has 1 aliphatic carbocycles. The van der Waals surface area contributed by atoms with Crippen LogP contribution in [0, 0.1) is 5.92 Å². The van der Waals surface area contributed by atoms with Gasteiger partial charge in [0, 0.05) is 18.1 Å². The van der Waals surface area contributed by atoms with E-state index in [1.54, 1.807) is 0 Å². The van der Waals surface area contributed by atoms with E-state index in [2.05, 4.69) is 31.0 Å². The van der Waals surface area contributed by atoms with E-state index in [0.717, 1.165) is 18.0 Å². The van der Waals surface area contributed by atoms with Crippen molar-refractivity contribution in [1.82, 2.24) is 10.2 Å². The van der Waals surface area contributed by atoms with E-state index in [4.69, 9.17) is 0 Å². The largest absolute Gasteiger partial charge is 0.311 e. The molecule has 2 aliphatic rings. The highest BCUT2D eigenvalue weighted by atomic mass is 15.2. The van der Waals surface area contributed by atoms with Gasteiger partial charge in [-0.25, -0.2) is 0 Å². The highest BCUT2D eigenvalue weighted by Gasteiger charge is 2.25. The van der Waals surface area contributed by atoms with Crippen molar-refractivity contribution in [2.24, 2.45) is 5.92 Å². The average molecular weight is 266 g/mol. The van der Waals surface area contributed by atoms with Gasteiger partial charge >= 0.3 is 0 Å². The lowest BCUT2D eigenvalue weighted by Crippen LogP contribution is -2.47. The van der Waals surface area contributed by atoms with Gasteiger partial charge in [0.15, 0.2) is 0 Å². The molecule has 0 bridgehead atoms. The summed E-state index contributed by atoms with van der Waals surface area (Å²) >= 11 is 0. The van der Waals surface area contributed by atoms with E-state index in [1.165, 1.54) is 64.5 Å². The van der Waals surface area contributed by atoms with Gasteiger partial charge in [0.05, 0.1) is 0 Å². The molecule has 0 amide bonds. The third-order valence-corrected chi connectivity index (χ3v) is 5.37. The monoisotopic (exact) mass is 266 g/mol. The zero-order valence-corrected chi connectivity index (χ0v) is 13.3. The maximum atomic E-state index is 3.78. The number of hydrogen-bond acceptors (Lipinski definition) is 2. The molecule has 4 atom stereocenters. The van der Waals surface area contributed by atoms with Crippen LogP contribution in [0.15, 0.2) is 0 Å². The lowest BCUT2D eigenvalue weighted by Gasteiger charge is -2.36. The number of nitrogens with one attached hydrogen (secondary N) is 1. The summed E-state index contributed by atoms with van der Waals surface area (Å²) < 4.78 is 0. The van der Waals surface area contributed by atoms with Crippen LogP contribution in [0.5, 0.6) is 0 Å². The van der Waals surface area contributed by atoms with E-state index >= 15 is 0 Å². The van der Waals surface area contributed by atoms with Gasteiger partial charge in [-0.05, 0) is 64.5 Å². The number of nitrogens with zero attached hydrogens (tertiary/aromatic N) is 1. The molecule has 0 aromatic heterocycles. The minimum Gasteiger partial charge on any atom is -0.311 e. The maximum Gasteiger partial charge on any atom is 0.00953 e. The van der Waals surface area contributed by atoms with Gasteiger partial charge < -0.3 is 10.2 Å². The van der Waals surface area contributed by atoms with E-state index in [1.807, 2.05) is 0 Å². The third-order valence-electron chi connectivity index (χ3n) is 5.37. The predicted octanol–water partition coefficient (Wildman–Crippen LogP) is 3.81. The van der Waals surface area contributed by atoms with Crippen molar-refractivity contribution in [2.75, 3.05) is 13.1 Å². The molecule has 1 saturated carbocycles. The lowest BCUT2D eigenvalue weighted by atomic mass is 10.0. The molecular weight excluding hydrogens is 232 g/mol. The van der Waals surface area contributed by atoms with Gasteiger partial charge in [-0.1, -0.05) is 26.7 Å². The molecule has 1 N–H and O–H groups in total. The summed E-state index contributed by atoms with van der Waals surface area (Å²) in [6.45, 7) is 9.75. The Morgan fingerprint density at radius 3 is 2.53 bits per heavy atom. The molecule has 2 fully saturated rings. The first-order valence-electron chi connectivity index (χ1n) is 8.69. The minimum atomic E-state index is 0.692. The molecule has 1 heterocycles. The van der Waals surface area contributed by atoms with E-state index in [-0.39, 0.29) is 0 Å². The molecule has 2 rings (SSSR count). The fourth-order valence-corrected chi connectivity index (χ4v) is 3.88.